The summed E-state index contributed by atoms with van der Waals surface area (Å²) in [5.74, 6) is 0.613. The molecule has 0 fully saturated rings. The zero-order chi connectivity index (χ0) is 15.4. The molecule has 3 nitrogen and oxygen atoms in total. The average Bonchev–Trinajstić information content (AvgIpc) is 2.46. The molecule has 2 aromatic rings. The topological polar surface area (TPSA) is 34.1 Å². The molecule has 0 radical (unpaired) electrons. The predicted octanol–water partition coefficient (Wildman–Crippen LogP) is 4.75. The molecule has 0 amide bonds. The van der Waals surface area contributed by atoms with Gasteiger partial charge >= 0.3 is 0 Å². The fourth-order valence-electron chi connectivity index (χ4n) is 2.07. The first-order chi connectivity index (χ1) is 10.1. The molecular formula is C15H15Cl3N2O. The van der Waals surface area contributed by atoms with E-state index in [1.807, 2.05) is 19.1 Å². The van der Waals surface area contributed by atoms with Gasteiger partial charge in [0, 0.05) is 6.20 Å². The lowest BCUT2D eigenvalue weighted by Gasteiger charge is -2.20. The molecule has 21 heavy (non-hydrogen) atoms. The van der Waals surface area contributed by atoms with Crippen LogP contribution in [0.3, 0.4) is 0 Å². The van der Waals surface area contributed by atoms with Gasteiger partial charge in [-0.3, -0.25) is 4.98 Å². The van der Waals surface area contributed by atoms with Crippen LogP contribution in [-0.4, -0.2) is 18.6 Å². The number of hydrogen-bond acceptors (Lipinski definition) is 3. The Morgan fingerprint density at radius 1 is 1.19 bits per heavy atom. The maximum atomic E-state index is 6.27. The lowest BCUT2D eigenvalue weighted by Crippen LogP contribution is -2.23. The molecule has 2 rings (SSSR count). The highest BCUT2D eigenvalue weighted by Gasteiger charge is 2.19. The first-order valence-electron chi connectivity index (χ1n) is 6.44. The minimum atomic E-state index is -0.161. The Morgan fingerprint density at radius 2 is 1.95 bits per heavy atom. The molecule has 1 aromatic heterocycles. The van der Waals surface area contributed by atoms with Crippen molar-refractivity contribution in [3.8, 4) is 5.75 Å². The van der Waals surface area contributed by atoms with Gasteiger partial charge in [0.05, 0.1) is 33.9 Å². The van der Waals surface area contributed by atoms with E-state index in [1.165, 1.54) is 0 Å². The monoisotopic (exact) mass is 344 g/mol. The van der Waals surface area contributed by atoms with Gasteiger partial charge in [0.25, 0.3) is 0 Å². The molecule has 0 aliphatic rings. The minimum Gasteiger partial charge on any atom is -0.495 e. The summed E-state index contributed by atoms with van der Waals surface area (Å²) in [6.45, 7) is 2.78. The number of ether oxygens (including phenoxy) is 1. The molecule has 1 aromatic carbocycles. The number of pyridine rings is 1. The van der Waals surface area contributed by atoms with Crippen LogP contribution in [0.1, 0.15) is 24.2 Å². The number of methoxy groups -OCH3 is 1. The Kier molecular flexibility index (Phi) is 5.71. The summed E-state index contributed by atoms with van der Waals surface area (Å²) in [6, 6.07) is 7.12. The van der Waals surface area contributed by atoms with Gasteiger partial charge in [-0.2, -0.15) is 0 Å². The molecule has 0 saturated heterocycles. The second-order valence-corrected chi connectivity index (χ2v) is 5.66. The van der Waals surface area contributed by atoms with E-state index in [1.54, 1.807) is 25.4 Å². The van der Waals surface area contributed by atoms with E-state index < -0.39 is 0 Å². The van der Waals surface area contributed by atoms with E-state index in [2.05, 4.69) is 10.3 Å². The predicted molar refractivity (Wildman–Crippen MR) is 87.8 cm³/mol. The van der Waals surface area contributed by atoms with Crippen LogP contribution >= 0.6 is 34.8 Å². The Hall–Kier alpha value is -1.000. The Bertz CT molecular complexity index is 634. The van der Waals surface area contributed by atoms with Gasteiger partial charge in [-0.1, -0.05) is 47.8 Å². The van der Waals surface area contributed by atoms with E-state index in [9.17, 15) is 0 Å². The van der Waals surface area contributed by atoms with Gasteiger partial charge in [-0.05, 0) is 30.3 Å². The second kappa shape index (κ2) is 7.32. The maximum Gasteiger partial charge on any atom is 0.137 e. The molecule has 0 bridgehead atoms. The molecule has 0 aliphatic carbocycles. The van der Waals surface area contributed by atoms with Gasteiger partial charge in [-0.25, -0.2) is 0 Å². The smallest absolute Gasteiger partial charge is 0.137 e. The Labute approximate surface area is 139 Å². The van der Waals surface area contributed by atoms with Crippen molar-refractivity contribution in [1.82, 2.24) is 10.3 Å². The molecule has 1 N–H and O–H groups in total. The summed E-state index contributed by atoms with van der Waals surface area (Å²) in [7, 11) is 1.58. The van der Waals surface area contributed by atoms with E-state index in [4.69, 9.17) is 39.5 Å². The fraction of sp³-hybridized carbons (Fsp3) is 0.267. The van der Waals surface area contributed by atoms with Crippen molar-refractivity contribution in [2.24, 2.45) is 0 Å². The molecule has 0 spiro atoms. The van der Waals surface area contributed by atoms with E-state index in [-0.39, 0.29) is 6.04 Å². The van der Waals surface area contributed by atoms with Crippen LogP contribution in [0.2, 0.25) is 15.1 Å². The van der Waals surface area contributed by atoms with Crippen LogP contribution in [0.25, 0.3) is 0 Å². The standard InChI is InChI=1S/C15H15Cl3N2O/c1-3-19-14(15-12(18)7-10(16)8-20-15)9-4-5-11(17)13(6-9)21-2/h4-8,14,19H,3H2,1-2H3. The second-order valence-electron chi connectivity index (χ2n) is 4.41. The number of nitrogens with one attached hydrogen (secondary N) is 1. The number of benzene rings is 1. The zero-order valence-corrected chi connectivity index (χ0v) is 13.9. The van der Waals surface area contributed by atoms with E-state index in [0.29, 0.717) is 26.5 Å². The molecule has 6 heteroatoms. The summed E-state index contributed by atoms with van der Waals surface area (Å²) < 4.78 is 5.26. The molecule has 0 saturated carbocycles. The van der Waals surface area contributed by atoms with Crippen molar-refractivity contribution < 1.29 is 4.74 Å². The molecule has 1 unspecified atom stereocenters. The third kappa shape index (κ3) is 3.80. The number of halogens is 3. The van der Waals surface area contributed by atoms with Crippen LogP contribution < -0.4 is 10.1 Å². The fourth-order valence-corrected chi connectivity index (χ4v) is 2.75. The highest BCUT2D eigenvalue weighted by molar-refractivity contribution is 6.34. The van der Waals surface area contributed by atoms with Crippen molar-refractivity contribution >= 4 is 34.8 Å². The SMILES string of the molecule is CCNC(c1ccc(Cl)c(OC)c1)c1ncc(Cl)cc1Cl. The van der Waals surface area contributed by atoms with Crippen molar-refractivity contribution in [1.29, 1.82) is 0 Å². The summed E-state index contributed by atoms with van der Waals surface area (Å²) >= 11 is 18.3. The zero-order valence-electron chi connectivity index (χ0n) is 11.7. The lowest BCUT2D eigenvalue weighted by molar-refractivity contribution is 0.414. The molecular weight excluding hydrogens is 331 g/mol. The molecule has 112 valence electrons. The number of rotatable bonds is 5. The summed E-state index contributed by atoms with van der Waals surface area (Å²) in [4.78, 5) is 4.35. The third-order valence-corrected chi connectivity index (χ3v) is 3.85. The summed E-state index contributed by atoms with van der Waals surface area (Å²) in [5, 5.41) is 4.94. The quantitative estimate of drug-likeness (QED) is 0.849. The van der Waals surface area contributed by atoms with Gasteiger partial charge in [0.1, 0.15) is 5.75 Å². The van der Waals surface area contributed by atoms with Crippen LogP contribution in [0.15, 0.2) is 30.5 Å². The maximum absolute atomic E-state index is 6.27. The van der Waals surface area contributed by atoms with Crippen LogP contribution in [0, 0.1) is 0 Å². The van der Waals surface area contributed by atoms with Crippen molar-refractivity contribution in [2.45, 2.75) is 13.0 Å². The van der Waals surface area contributed by atoms with Gasteiger partial charge in [0.2, 0.25) is 0 Å². The van der Waals surface area contributed by atoms with Crippen molar-refractivity contribution in [2.75, 3.05) is 13.7 Å². The first-order valence-corrected chi connectivity index (χ1v) is 7.58. The number of nitrogens with zero attached hydrogens (tertiary/aromatic N) is 1. The van der Waals surface area contributed by atoms with Crippen LogP contribution in [0.4, 0.5) is 0 Å². The Morgan fingerprint density at radius 3 is 2.57 bits per heavy atom. The molecule has 1 heterocycles. The largest absolute Gasteiger partial charge is 0.495 e. The number of aromatic nitrogens is 1. The minimum absolute atomic E-state index is 0.161. The van der Waals surface area contributed by atoms with Crippen LogP contribution in [0.5, 0.6) is 5.75 Å². The Balaban J connectivity index is 2.47. The van der Waals surface area contributed by atoms with Crippen molar-refractivity contribution in [3.05, 3.63) is 56.8 Å². The molecule has 0 aliphatic heterocycles. The van der Waals surface area contributed by atoms with Gasteiger partial charge in [0.15, 0.2) is 0 Å². The lowest BCUT2D eigenvalue weighted by atomic mass is 10.0. The van der Waals surface area contributed by atoms with E-state index >= 15 is 0 Å². The average molecular weight is 346 g/mol. The summed E-state index contributed by atoms with van der Waals surface area (Å²) in [5.41, 5.74) is 1.68. The summed E-state index contributed by atoms with van der Waals surface area (Å²) in [6.07, 6.45) is 1.58. The van der Waals surface area contributed by atoms with E-state index in [0.717, 1.165) is 12.1 Å². The highest BCUT2D eigenvalue weighted by Crippen LogP contribution is 2.32. The van der Waals surface area contributed by atoms with Gasteiger partial charge < -0.3 is 10.1 Å². The van der Waals surface area contributed by atoms with Crippen LogP contribution in [-0.2, 0) is 0 Å². The van der Waals surface area contributed by atoms with Crippen molar-refractivity contribution in [3.63, 3.8) is 0 Å². The highest BCUT2D eigenvalue weighted by atomic mass is 35.5. The number of hydrogen-bond donors (Lipinski definition) is 1. The molecule has 1 atom stereocenters. The first kappa shape index (κ1) is 16.4. The van der Waals surface area contributed by atoms with Gasteiger partial charge in [-0.15, -0.1) is 0 Å². The third-order valence-electron chi connectivity index (χ3n) is 3.03. The normalized spacial score (nSPS) is 12.2.